The van der Waals surface area contributed by atoms with E-state index in [0.29, 0.717) is 12.2 Å². The molecular formula is C20H21FN2O3S. The highest BCUT2D eigenvalue weighted by Gasteiger charge is 2.22. The normalized spacial score (nSPS) is 13.2. The van der Waals surface area contributed by atoms with E-state index >= 15 is 0 Å². The maximum Gasteiger partial charge on any atom is 0.252 e. The number of thioether (sulfide) groups is 1. The minimum absolute atomic E-state index is 0.0321. The first kappa shape index (κ1) is 19.4. The number of hydrogen-bond acceptors (Lipinski definition) is 4. The van der Waals surface area contributed by atoms with Crippen LogP contribution >= 0.6 is 11.8 Å². The molecule has 5 nitrogen and oxygen atoms in total. The van der Waals surface area contributed by atoms with Gasteiger partial charge in [0, 0.05) is 29.9 Å². The zero-order valence-corrected chi connectivity index (χ0v) is 15.9. The second-order valence-electron chi connectivity index (χ2n) is 6.22. The van der Waals surface area contributed by atoms with Crippen LogP contribution in [0.5, 0.6) is 0 Å². The number of hydrogen-bond donors (Lipinski definition) is 1. The quantitative estimate of drug-likeness (QED) is 0.770. The highest BCUT2D eigenvalue weighted by atomic mass is 32.2. The third kappa shape index (κ3) is 5.08. The minimum Gasteiger partial charge on any atom is -0.375 e. The molecule has 7 heteroatoms. The van der Waals surface area contributed by atoms with Crippen LogP contribution in [-0.4, -0.2) is 37.8 Å². The molecule has 142 valence electrons. The fourth-order valence-corrected chi connectivity index (χ4v) is 3.69. The number of rotatable bonds is 6. The first-order valence-corrected chi connectivity index (χ1v) is 9.66. The second-order valence-corrected chi connectivity index (χ2v) is 7.26. The van der Waals surface area contributed by atoms with E-state index in [4.69, 9.17) is 4.74 Å². The van der Waals surface area contributed by atoms with Gasteiger partial charge in [-0.2, -0.15) is 0 Å². The maximum absolute atomic E-state index is 12.9. The molecule has 1 aliphatic heterocycles. The van der Waals surface area contributed by atoms with Gasteiger partial charge in [0.15, 0.2) is 0 Å². The number of nitrogens with one attached hydrogen (secondary N) is 1. The number of amides is 2. The summed E-state index contributed by atoms with van der Waals surface area (Å²) in [5, 5.41) is 2.86. The summed E-state index contributed by atoms with van der Waals surface area (Å²) in [7, 11) is 1.50. The van der Waals surface area contributed by atoms with E-state index in [0.717, 1.165) is 29.0 Å². The molecule has 0 saturated carbocycles. The Kier molecular flexibility index (Phi) is 6.47. The van der Waals surface area contributed by atoms with E-state index < -0.39 is 0 Å². The van der Waals surface area contributed by atoms with Gasteiger partial charge in [0.1, 0.15) is 12.4 Å². The summed E-state index contributed by atoms with van der Waals surface area (Å²) in [4.78, 5) is 27.0. The van der Waals surface area contributed by atoms with Crippen molar-refractivity contribution in [3.8, 4) is 0 Å². The Labute approximate surface area is 161 Å². The summed E-state index contributed by atoms with van der Waals surface area (Å²) < 4.78 is 17.9. The Morgan fingerprint density at radius 2 is 2.00 bits per heavy atom. The molecule has 0 aromatic heterocycles. The molecule has 3 rings (SSSR count). The molecule has 2 aromatic carbocycles. The van der Waals surface area contributed by atoms with Gasteiger partial charge in [0.2, 0.25) is 5.91 Å². The zero-order valence-electron chi connectivity index (χ0n) is 15.0. The molecule has 0 unspecified atom stereocenters. The van der Waals surface area contributed by atoms with Gasteiger partial charge in [-0.05, 0) is 54.8 Å². The number of benzene rings is 2. The molecule has 2 amide bonds. The molecule has 0 atom stereocenters. The van der Waals surface area contributed by atoms with Gasteiger partial charge < -0.3 is 15.0 Å². The highest BCUT2D eigenvalue weighted by molar-refractivity contribution is 8.00. The van der Waals surface area contributed by atoms with Crippen molar-refractivity contribution in [3.05, 3.63) is 53.8 Å². The lowest BCUT2D eigenvalue weighted by Crippen LogP contribution is -2.37. The summed E-state index contributed by atoms with van der Waals surface area (Å²) in [6, 6.07) is 11.7. The van der Waals surface area contributed by atoms with Crippen molar-refractivity contribution in [3.63, 3.8) is 0 Å². The number of fused-ring (bicyclic) bond motifs is 1. The van der Waals surface area contributed by atoms with Gasteiger partial charge in [-0.25, -0.2) is 4.39 Å². The van der Waals surface area contributed by atoms with Crippen molar-refractivity contribution < 1.29 is 18.7 Å². The van der Waals surface area contributed by atoms with E-state index in [1.807, 2.05) is 18.2 Å². The van der Waals surface area contributed by atoms with Crippen molar-refractivity contribution in [2.24, 2.45) is 0 Å². The Balaban J connectivity index is 1.65. The molecule has 0 fully saturated rings. The van der Waals surface area contributed by atoms with Gasteiger partial charge in [-0.15, -0.1) is 11.8 Å². The smallest absolute Gasteiger partial charge is 0.252 e. The van der Waals surface area contributed by atoms with Crippen LogP contribution in [0.25, 0.3) is 0 Å². The number of halogens is 1. The molecular weight excluding hydrogens is 367 g/mol. The van der Waals surface area contributed by atoms with Crippen LogP contribution in [0, 0.1) is 5.82 Å². The van der Waals surface area contributed by atoms with Crippen LogP contribution in [0.4, 0.5) is 15.8 Å². The van der Waals surface area contributed by atoms with Crippen molar-refractivity contribution in [1.82, 2.24) is 0 Å². The Hall–Kier alpha value is -2.38. The summed E-state index contributed by atoms with van der Waals surface area (Å²) in [5.41, 5.74) is 2.56. The average Bonchev–Trinajstić information content (AvgIpc) is 2.67. The number of anilines is 2. The fraction of sp³-hybridized carbons (Fsp3) is 0.300. The van der Waals surface area contributed by atoms with Crippen LogP contribution in [0.2, 0.25) is 0 Å². The Morgan fingerprint density at radius 1 is 1.22 bits per heavy atom. The van der Waals surface area contributed by atoms with E-state index in [-0.39, 0.29) is 30.0 Å². The van der Waals surface area contributed by atoms with Crippen molar-refractivity contribution in [1.29, 1.82) is 0 Å². The summed E-state index contributed by atoms with van der Waals surface area (Å²) in [6.07, 6.45) is 1.81. The molecule has 0 spiro atoms. The van der Waals surface area contributed by atoms with E-state index in [2.05, 4.69) is 5.32 Å². The lowest BCUT2D eigenvalue weighted by Gasteiger charge is -2.29. The Morgan fingerprint density at radius 3 is 2.74 bits per heavy atom. The lowest BCUT2D eigenvalue weighted by molar-refractivity contribution is -0.122. The van der Waals surface area contributed by atoms with Gasteiger partial charge in [-0.1, -0.05) is 6.07 Å². The fourth-order valence-electron chi connectivity index (χ4n) is 2.99. The Bertz CT molecular complexity index is 826. The molecule has 1 heterocycles. The number of methoxy groups -OCH3 is 1. The number of aryl methyl sites for hydroxylation is 1. The second kappa shape index (κ2) is 9.01. The predicted molar refractivity (Wildman–Crippen MR) is 105 cm³/mol. The third-order valence-electron chi connectivity index (χ3n) is 4.24. The van der Waals surface area contributed by atoms with Crippen LogP contribution in [-0.2, 0) is 20.7 Å². The van der Waals surface area contributed by atoms with Gasteiger partial charge >= 0.3 is 0 Å². The van der Waals surface area contributed by atoms with Gasteiger partial charge in [0.05, 0.1) is 5.75 Å². The molecule has 0 radical (unpaired) electrons. The molecule has 1 N–H and O–H groups in total. The molecule has 0 aliphatic carbocycles. The zero-order chi connectivity index (χ0) is 19.2. The molecule has 0 saturated heterocycles. The van der Waals surface area contributed by atoms with Crippen LogP contribution < -0.4 is 10.2 Å². The van der Waals surface area contributed by atoms with Gasteiger partial charge in [-0.3, -0.25) is 9.59 Å². The van der Waals surface area contributed by atoms with Crippen LogP contribution in [0.15, 0.2) is 47.4 Å². The minimum atomic E-state index is -0.301. The average molecular weight is 388 g/mol. The SMILES string of the molecule is COCC(=O)N1CCCc2ccc(NC(=O)CSc3ccc(F)cc3)cc21. The first-order valence-electron chi connectivity index (χ1n) is 8.67. The maximum atomic E-state index is 12.9. The van der Waals surface area contributed by atoms with Crippen molar-refractivity contribution >= 4 is 35.0 Å². The van der Waals surface area contributed by atoms with Crippen molar-refractivity contribution in [2.45, 2.75) is 17.7 Å². The van der Waals surface area contributed by atoms with Crippen molar-refractivity contribution in [2.75, 3.05) is 36.2 Å². The topological polar surface area (TPSA) is 58.6 Å². The van der Waals surface area contributed by atoms with Gasteiger partial charge in [0.25, 0.3) is 5.91 Å². The highest BCUT2D eigenvalue weighted by Crippen LogP contribution is 2.30. The van der Waals surface area contributed by atoms with E-state index in [1.54, 1.807) is 17.0 Å². The lowest BCUT2D eigenvalue weighted by atomic mass is 10.0. The number of carbonyl (C=O) groups is 2. The number of ether oxygens (including phenoxy) is 1. The monoisotopic (exact) mass is 388 g/mol. The molecule has 0 bridgehead atoms. The molecule has 27 heavy (non-hydrogen) atoms. The molecule has 2 aromatic rings. The first-order chi connectivity index (χ1) is 13.1. The molecule has 1 aliphatic rings. The third-order valence-corrected chi connectivity index (χ3v) is 5.25. The van der Waals surface area contributed by atoms with E-state index in [1.165, 1.54) is 31.0 Å². The summed E-state index contributed by atoms with van der Waals surface area (Å²) in [5.74, 6) is -0.330. The standard InChI is InChI=1S/C20H21FN2O3S/c1-26-12-20(25)23-10-2-3-14-4-7-16(11-18(14)23)22-19(24)13-27-17-8-5-15(21)6-9-17/h4-9,11H,2-3,10,12-13H2,1H3,(H,22,24). The van der Waals surface area contributed by atoms with E-state index in [9.17, 15) is 14.0 Å². The summed E-state index contributed by atoms with van der Waals surface area (Å²) in [6.45, 7) is 0.678. The number of nitrogens with zero attached hydrogens (tertiary/aromatic N) is 1. The number of carbonyl (C=O) groups excluding carboxylic acids is 2. The summed E-state index contributed by atoms with van der Waals surface area (Å²) >= 11 is 1.34. The predicted octanol–water partition coefficient (Wildman–Crippen LogP) is 3.48. The largest absolute Gasteiger partial charge is 0.375 e. The van der Waals surface area contributed by atoms with Crippen LogP contribution in [0.1, 0.15) is 12.0 Å². The van der Waals surface area contributed by atoms with Crippen LogP contribution in [0.3, 0.4) is 0 Å².